The maximum absolute atomic E-state index is 12.3. The van der Waals surface area contributed by atoms with Gasteiger partial charge in [0, 0.05) is 12.2 Å². The molecule has 0 fully saturated rings. The Kier molecular flexibility index (Phi) is 4.66. The number of hydrogen-bond donors (Lipinski definition) is 2. The topological polar surface area (TPSA) is 98.0 Å². The van der Waals surface area contributed by atoms with Crippen molar-refractivity contribution < 1.29 is 8.42 Å². The van der Waals surface area contributed by atoms with E-state index in [9.17, 15) is 8.42 Å². The van der Waals surface area contributed by atoms with Crippen LogP contribution in [0.2, 0.25) is 0 Å². The molecule has 1 heterocycles. The molecule has 21 heavy (non-hydrogen) atoms. The SMILES string of the molecule is Cc1nccc(CNS(=O)(=O)c2cccc(C(C)N)c2)n1. The summed E-state index contributed by atoms with van der Waals surface area (Å²) < 4.78 is 27.1. The van der Waals surface area contributed by atoms with E-state index in [1.165, 1.54) is 0 Å². The van der Waals surface area contributed by atoms with E-state index in [2.05, 4.69) is 14.7 Å². The average Bonchev–Trinajstić information content (AvgIpc) is 2.45. The smallest absolute Gasteiger partial charge is 0.240 e. The number of aryl methyl sites for hydroxylation is 1. The van der Waals surface area contributed by atoms with E-state index in [0.717, 1.165) is 5.56 Å². The quantitative estimate of drug-likeness (QED) is 0.867. The van der Waals surface area contributed by atoms with Crippen molar-refractivity contribution in [2.24, 2.45) is 5.73 Å². The second-order valence-corrected chi connectivity index (χ2v) is 6.55. The molecule has 2 rings (SSSR count). The molecule has 6 nitrogen and oxygen atoms in total. The van der Waals surface area contributed by atoms with Crippen LogP contribution in [-0.4, -0.2) is 18.4 Å². The van der Waals surface area contributed by atoms with Gasteiger partial charge < -0.3 is 5.73 Å². The summed E-state index contributed by atoms with van der Waals surface area (Å²) in [6.45, 7) is 3.68. The second kappa shape index (κ2) is 6.30. The van der Waals surface area contributed by atoms with E-state index >= 15 is 0 Å². The number of nitrogens with one attached hydrogen (secondary N) is 1. The van der Waals surface area contributed by atoms with Gasteiger partial charge in [0.1, 0.15) is 5.82 Å². The van der Waals surface area contributed by atoms with Crippen molar-refractivity contribution in [3.8, 4) is 0 Å². The van der Waals surface area contributed by atoms with E-state index in [1.807, 2.05) is 6.92 Å². The van der Waals surface area contributed by atoms with Crippen LogP contribution < -0.4 is 10.5 Å². The fourth-order valence-corrected chi connectivity index (χ4v) is 2.87. The first-order chi connectivity index (χ1) is 9.88. The van der Waals surface area contributed by atoms with Gasteiger partial charge in [0.25, 0.3) is 0 Å². The second-order valence-electron chi connectivity index (χ2n) is 4.78. The highest BCUT2D eigenvalue weighted by atomic mass is 32.2. The van der Waals surface area contributed by atoms with Gasteiger partial charge in [-0.05, 0) is 37.6 Å². The predicted molar refractivity (Wildman–Crippen MR) is 79.8 cm³/mol. The van der Waals surface area contributed by atoms with Crippen LogP contribution in [0.5, 0.6) is 0 Å². The number of nitrogens with two attached hydrogens (primary N) is 1. The van der Waals surface area contributed by atoms with Gasteiger partial charge in [-0.1, -0.05) is 12.1 Å². The molecule has 0 amide bonds. The van der Waals surface area contributed by atoms with Crippen molar-refractivity contribution in [2.45, 2.75) is 31.3 Å². The lowest BCUT2D eigenvalue weighted by atomic mass is 10.1. The summed E-state index contributed by atoms with van der Waals surface area (Å²) >= 11 is 0. The van der Waals surface area contributed by atoms with Crippen molar-refractivity contribution in [1.82, 2.24) is 14.7 Å². The number of hydrogen-bond acceptors (Lipinski definition) is 5. The zero-order valence-corrected chi connectivity index (χ0v) is 12.8. The van der Waals surface area contributed by atoms with Crippen molar-refractivity contribution in [3.63, 3.8) is 0 Å². The number of sulfonamides is 1. The largest absolute Gasteiger partial charge is 0.324 e. The Balaban J connectivity index is 2.17. The predicted octanol–water partition coefficient (Wildman–Crippen LogP) is 1.28. The molecule has 3 N–H and O–H groups in total. The molecule has 1 atom stereocenters. The maximum atomic E-state index is 12.3. The third-order valence-corrected chi connectivity index (χ3v) is 4.37. The average molecular weight is 306 g/mol. The highest BCUT2D eigenvalue weighted by Gasteiger charge is 2.15. The number of rotatable bonds is 5. The minimum absolute atomic E-state index is 0.119. The molecule has 112 valence electrons. The Morgan fingerprint density at radius 2 is 2.10 bits per heavy atom. The molecular formula is C14H18N4O2S. The molecule has 0 aliphatic rings. The molecule has 0 bridgehead atoms. The fraction of sp³-hybridized carbons (Fsp3) is 0.286. The molecule has 0 saturated carbocycles. The highest BCUT2D eigenvalue weighted by Crippen LogP contribution is 2.16. The highest BCUT2D eigenvalue weighted by molar-refractivity contribution is 7.89. The summed E-state index contributed by atoms with van der Waals surface area (Å²) in [6.07, 6.45) is 1.60. The Morgan fingerprint density at radius 1 is 1.33 bits per heavy atom. The van der Waals surface area contributed by atoms with Crippen molar-refractivity contribution in [1.29, 1.82) is 0 Å². The van der Waals surface area contributed by atoms with Crippen LogP contribution in [0.15, 0.2) is 41.4 Å². The van der Waals surface area contributed by atoms with Gasteiger partial charge in [-0.25, -0.2) is 23.1 Å². The van der Waals surface area contributed by atoms with Gasteiger partial charge in [-0.2, -0.15) is 0 Å². The van der Waals surface area contributed by atoms with Crippen LogP contribution in [0.1, 0.15) is 30.0 Å². The van der Waals surface area contributed by atoms with Gasteiger partial charge in [-0.15, -0.1) is 0 Å². The summed E-state index contributed by atoms with van der Waals surface area (Å²) in [5, 5.41) is 0. The fourth-order valence-electron chi connectivity index (χ4n) is 1.82. The van der Waals surface area contributed by atoms with Crippen molar-refractivity contribution in [3.05, 3.63) is 53.6 Å². The van der Waals surface area contributed by atoms with Crippen molar-refractivity contribution in [2.75, 3.05) is 0 Å². The van der Waals surface area contributed by atoms with Gasteiger partial charge in [0.05, 0.1) is 17.1 Å². The first kappa shape index (κ1) is 15.6. The standard InChI is InChI=1S/C14H18N4O2S/c1-10(15)12-4-3-5-14(8-12)21(19,20)17-9-13-6-7-16-11(2)18-13/h3-8,10,17H,9,15H2,1-2H3. The number of benzene rings is 1. The molecular weight excluding hydrogens is 288 g/mol. The molecule has 0 spiro atoms. The lowest BCUT2D eigenvalue weighted by molar-refractivity contribution is 0.580. The normalized spacial score (nSPS) is 13.1. The first-order valence-corrected chi connectivity index (χ1v) is 8.00. The lowest BCUT2D eigenvalue weighted by Crippen LogP contribution is -2.24. The van der Waals surface area contributed by atoms with E-state index in [-0.39, 0.29) is 17.5 Å². The molecule has 1 aromatic carbocycles. The maximum Gasteiger partial charge on any atom is 0.240 e. The summed E-state index contributed by atoms with van der Waals surface area (Å²) in [6, 6.07) is 8.06. The molecule has 0 saturated heterocycles. The van der Waals surface area contributed by atoms with Crippen LogP contribution >= 0.6 is 0 Å². The lowest BCUT2D eigenvalue weighted by Gasteiger charge is -2.10. The number of nitrogens with zero attached hydrogens (tertiary/aromatic N) is 2. The van der Waals surface area contributed by atoms with Crippen LogP contribution in [-0.2, 0) is 16.6 Å². The third-order valence-electron chi connectivity index (χ3n) is 2.97. The zero-order chi connectivity index (χ0) is 15.5. The van der Waals surface area contributed by atoms with Crippen LogP contribution in [0.25, 0.3) is 0 Å². The third kappa shape index (κ3) is 4.07. The summed E-state index contributed by atoms with van der Waals surface area (Å²) in [5.41, 5.74) is 7.17. The molecule has 1 unspecified atom stereocenters. The molecule has 7 heteroatoms. The van der Waals surface area contributed by atoms with Gasteiger partial charge in [-0.3, -0.25) is 0 Å². The first-order valence-electron chi connectivity index (χ1n) is 6.52. The Bertz CT molecular complexity index is 729. The Hall–Kier alpha value is -1.83. The monoisotopic (exact) mass is 306 g/mol. The van der Waals surface area contributed by atoms with Crippen LogP contribution in [0.3, 0.4) is 0 Å². The van der Waals surface area contributed by atoms with Gasteiger partial charge in [0.2, 0.25) is 10.0 Å². The molecule has 0 aliphatic carbocycles. The van der Waals surface area contributed by atoms with Gasteiger partial charge >= 0.3 is 0 Å². The summed E-state index contributed by atoms with van der Waals surface area (Å²) in [7, 11) is -3.59. The molecule has 2 aromatic rings. The van der Waals surface area contributed by atoms with E-state index in [1.54, 1.807) is 43.5 Å². The molecule has 1 aromatic heterocycles. The number of aromatic nitrogens is 2. The molecule has 0 aliphatic heterocycles. The molecule has 0 radical (unpaired) electrons. The Morgan fingerprint density at radius 3 is 2.76 bits per heavy atom. The summed E-state index contributed by atoms with van der Waals surface area (Å²) in [5.74, 6) is 0.602. The van der Waals surface area contributed by atoms with E-state index < -0.39 is 10.0 Å². The minimum Gasteiger partial charge on any atom is -0.324 e. The van der Waals surface area contributed by atoms with Crippen LogP contribution in [0, 0.1) is 6.92 Å². The zero-order valence-electron chi connectivity index (χ0n) is 11.9. The van der Waals surface area contributed by atoms with Crippen molar-refractivity contribution >= 4 is 10.0 Å². The van der Waals surface area contributed by atoms with E-state index in [4.69, 9.17) is 5.73 Å². The van der Waals surface area contributed by atoms with E-state index in [0.29, 0.717) is 11.5 Å². The van der Waals surface area contributed by atoms with Gasteiger partial charge in [0.15, 0.2) is 0 Å². The minimum atomic E-state index is -3.59. The van der Waals surface area contributed by atoms with Crippen LogP contribution in [0.4, 0.5) is 0 Å². The Labute approximate surface area is 124 Å². The summed E-state index contributed by atoms with van der Waals surface area (Å²) in [4.78, 5) is 8.33.